The molecule has 0 radical (unpaired) electrons. The highest BCUT2D eigenvalue weighted by molar-refractivity contribution is 5.72. The van der Waals surface area contributed by atoms with Crippen LogP contribution in [0.5, 0.6) is 0 Å². The van der Waals surface area contributed by atoms with E-state index < -0.39 is 22.4 Å². The van der Waals surface area contributed by atoms with Gasteiger partial charge in [0, 0.05) is 41.3 Å². The predicted molar refractivity (Wildman–Crippen MR) is 178 cm³/mol. The Morgan fingerprint density at radius 1 is 0.644 bits per heavy atom. The van der Waals surface area contributed by atoms with Crippen LogP contribution in [0, 0.1) is 0 Å². The molecule has 0 bridgehead atoms. The van der Waals surface area contributed by atoms with E-state index in [9.17, 15) is 15.3 Å². The topological polar surface area (TPSA) is 213 Å². The molecule has 1 atom stereocenters. The number of benzene rings is 1. The van der Waals surface area contributed by atoms with Crippen molar-refractivity contribution in [2.24, 2.45) is 0 Å². The first kappa shape index (κ1) is 33.6. The van der Waals surface area contributed by atoms with Gasteiger partial charge in [-0.3, -0.25) is 15.0 Å². The Morgan fingerprint density at radius 3 is 1.78 bits per heavy atom. The van der Waals surface area contributed by atoms with E-state index in [1.165, 1.54) is 0 Å². The molecule has 11 nitrogen and oxygen atoms in total. The van der Waals surface area contributed by atoms with Gasteiger partial charge in [0.2, 0.25) is 0 Å². The van der Waals surface area contributed by atoms with E-state index in [0.717, 1.165) is 22.4 Å². The number of ether oxygens (including phenoxy) is 1. The van der Waals surface area contributed by atoms with Crippen LogP contribution in [-0.2, 0) is 33.6 Å². The van der Waals surface area contributed by atoms with E-state index in [1.54, 1.807) is 77.3 Å². The summed E-state index contributed by atoms with van der Waals surface area (Å²) in [4.78, 5) is 13.5. The van der Waals surface area contributed by atoms with Crippen LogP contribution in [0.3, 0.4) is 0 Å². The number of rotatable bonds is 10. The number of hydrogen-bond donors (Lipinski definition) is 7. The summed E-state index contributed by atoms with van der Waals surface area (Å²) in [5.41, 5.74) is 26.8. The number of nitrogens with two attached hydrogens (primary N) is 4. The Morgan fingerprint density at radius 2 is 1.22 bits per heavy atom. The van der Waals surface area contributed by atoms with Gasteiger partial charge in [0.1, 0.15) is 22.4 Å². The van der Waals surface area contributed by atoms with E-state index >= 15 is 0 Å². The van der Waals surface area contributed by atoms with E-state index in [-0.39, 0.29) is 6.61 Å². The molecule has 1 aromatic carbocycles. The average Bonchev–Trinajstić information content (AvgIpc) is 2.91. The summed E-state index contributed by atoms with van der Waals surface area (Å²) < 4.78 is 6.27. The molecule has 3 heterocycles. The zero-order valence-corrected chi connectivity index (χ0v) is 27.0. The lowest BCUT2D eigenvalue weighted by Crippen LogP contribution is -2.35. The molecule has 0 amide bonds. The monoisotopic (exact) mass is 615 g/mol. The minimum absolute atomic E-state index is 0.0947. The maximum atomic E-state index is 11.5. The predicted octanol–water partition coefficient (Wildman–Crippen LogP) is 4.07. The smallest absolute Gasteiger partial charge is 0.112 e. The Balaban J connectivity index is 1.51. The maximum absolute atomic E-state index is 11.5. The molecule has 0 saturated carbocycles. The van der Waals surface area contributed by atoms with Gasteiger partial charge in [-0.05, 0) is 89.9 Å². The highest BCUT2D eigenvalue weighted by atomic mass is 16.5. The van der Waals surface area contributed by atoms with Crippen molar-refractivity contribution < 1.29 is 20.1 Å². The van der Waals surface area contributed by atoms with Crippen molar-refractivity contribution in [1.29, 1.82) is 0 Å². The number of nitrogens with zero attached hydrogens (tertiary/aromatic N) is 3. The Bertz CT molecular complexity index is 1710. The third kappa shape index (κ3) is 7.51. The van der Waals surface area contributed by atoms with Crippen LogP contribution in [0.2, 0.25) is 0 Å². The number of nitrogen functional groups attached to an aromatic ring is 4. The number of pyridine rings is 3. The Hall–Kier alpha value is -4.29. The molecule has 0 aliphatic heterocycles. The lowest BCUT2D eigenvalue weighted by Gasteiger charge is -2.32. The van der Waals surface area contributed by atoms with Gasteiger partial charge in [0.05, 0.1) is 40.8 Å². The summed E-state index contributed by atoms with van der Waals surface area (Å²) in [5, 5.41) is 32.0. The number of aromatic nitrogens is 3. The lowest BCUT2D eigenvalue weighted by atomic mass is 9.92. The molecule has 11 heteroatoms. The molecule has 3 aromatic heterocycles. The van der Waals surface area contributed by atoms with Crippen molar-refractivity contribution in [3.63, 3.8) is 0 Å². The second kappa shape index (κ2) is 11.9. The summed E-state index contributed by atoms with van der Waals surface area (Å²) in [5.74, 6) is 0. The van der Waals surface area contributed by atoms with Crippen molar-refractivity contribution >= 4 is 22.7 Å². The largest absolute Gasteiger partial charge is 0.398 e. The molecule has 11 N–H and O–H groups in total. The highest BCUT2D eigenvalue weighted by Crippen LogP contribution is 2.36. The van der Waals surface area contributed by atoms with Crippen LogP contribution in [0.15, 0.2) is 54.9 Å². The molecule has 0 fully saturated rings. The fourth-order valence-corrected chi connectivity index (χ4v) is 5.29. The third-order valence-corrected chi connectivity index (χ3v) is 7.67. The van der Waals surface area contributed by atoms with Gasteiger partial charge in [-0.15, -0.1) is 0 Å². The van der Waals surface area contributed by atoms with Gasteiger partial charge in [-0.1, -0.05) is 12.1 Å². The second-order valence-electron chi connectivity index (χ2n) is 13.4. The minimum atomic E-state index is -1.44. The van der Waals surface area contributed by atoms with Gasteiger partial charge in [-0.2, -0.15) is 0 Å². The van der Waals surface area contributed by atoms with Crippen LogP contribution < -0.4 is 22.9 Å². The molecule has 45 heavy (non-hydrogen) atoms. The van der Waals surface area contributed by atoms with Crippen molar-refractivity contribution in [1.82, 2.24) is 15.0 Å². The highest BCUT2D eigenvalue weighted by Gasteiger charge is 2.33. The fourth-order valence-electron chi connectivity index (χ4n) is 5.29. The van der Waals surface area contributed by atoms with Crippen LogP contribution >= 0.6 is 0 Å². The molecule has 1 unspecified atom stereocenters. The molecule has 240 valence electrons. The molecular formula is C34H45N7O4. The number of anilines is 4. The minimum Gasteiger partial charge on any atom is -0.398 e. The molecule has 0 aliphatic carbocycles. The Kier molecular flexibility index (Phi) is 8.89. The molecule has 0 aliphatic rings. The van der Waals surface area contributed by atoms with E-state index in [0.29, 0.717) is 51.8 Å². The van der Waals surface area contributed by atoms with Gasteiger partial charge in [0.25, 0.3) is 0 Å². The summed E-state index contributed by atoms with van der Waals surface area (Å²) in [7, 11) is 0. The van der Waals surface area contributed by atoms with Crippen molar-refractivity contribution in [2.75, 3.05) is 29.5 Å². The molecular weight excluding hydrogens is 570 g/mol. The van der Waals surface area contributed by atoms with E-state index in [4.69, 9.17) is 32.7 Å². The first-order chi connectivity index (χ1) is 20.7. The molecule has 4 rings (SSSR count). The Labute approximate surface area is 264 Å². The van der Waals surface area contributed by atoms with E-state index in [1.807, 2.05) is 26.0 Å². The summed E-state index contributed by atoms with van der Waals surface area (Å²) in [6.45, 7) is 11.7. The summed E-state index contributed by atoms with van der Waals surface area (Å²) >= 11 is 0. The van der Waals surface area contributed by atoms with Crippen molar-refractivity contribution in [2.45, 2.75) is 77.3 Å². The van der Waals surface area contributed by atoms with Gasteiger partial charge in [-0.25, -0.2) is 0 Å². The fraction of sp³-hybridized carbons (Fsp3) is 0.382. The zero-order valence-electron chi connectivity index (χ0n) is 27.0. The van der Waals surface area contributed by atoms with Gasteiger partial charge >= 0.3 is 0 Å². The normalized spacial score (nSPS) is 13.9. The van der Waals surface area contributed by atoms with Crippen LogP contribution in [-0.4, -0.2) is 36.9 Å². The van der Waals surface area contributed by atoms with Crippen LogP contribution in [0.4, 0.5) is 22.7 Å². The second-order valence-corrected chi connectivity index (χ2v) is 13.4. The van der Waals surface area contributed by atoms with Gasteiger partial charge in [0.15, 0.2) is 0 Å². The van der Waals surface area contributed by atoms with Crippen molar-refractivity contribution in [3.05, 3.63) is 88.8 Å². The van der Waals surface area contributed by atoms with Gasteiger partial charge < -0.3 is 43.0 Å². The van der Waals surface area contributed by atoms with E-state index in [2.05, 4.69) is 9.97 Å². The first-order valence-electron chi connectivity index (χ1n) is 14.7. The first-order valence-corrected chi connectivity index (χ1v) is 14.7. The van der Waals surface area contributed by atoms with Crippen LogP contribution in [0.25, 0.3) is 11.1 Å². The number of aliphatic hydroxyl groups is 3. The average molecular weight is 616 g/mol. The SMILES string of the molecule is CC(C)(O)c1ncc(Cc2ccc(N)c(C(C)(C)OCC(C)(O)c3ccc(-c4cnc(C(C)(C)O)c(N)c4)cc3N)n2)cc1N. The summed E-state index contributed by atoms with van der Waals surface area (Å²) in [6.07, 6.45) is 3.74. The number of hydrogen-bond acceptors (Lipinski definition) is 11. The molecule has 4 aromatic rings. The molecule has 0 saturated heterocycles. The van der Waals surface area contributed by atoms with Crippen LogP contribution in [0.1, 0.15) is 82.4 Å². The van der Waals surface area contributed by atoms with Crippen molar-refractivity contribution in [3.8, 4) is 11.1 Å². The zero-order chi connectivity index (χ0) is 33.5. The third-order valence-electron chi connectivity index (χ3n) is 7.67. The maximum Gasteiger partial charge on any atom is 0.112 e. The summed E-state index contributed by atoms with van der Waals surface area (Å²) in [6, 6.07) is 12.4. The molecule has 0 spiro atoms. The lowest BCUT2D eigenvalue weighted by molar-refractivity contribution is -0.106. The standard InChI is InChI=1S/C34H45N7O4/c1-31(2,42)28-26(37)13-19(16-39-28)12-22-9-11-24(35)30(41-22)33(5,6)45-18-34(7,44)23-10-8-20(14-25(23)36)21-15-27(38)29(40-17-21)32(3,4)43/h8-11,13-17,42-44H,12,18,35-38H2,1-7H3. The quantitative estimate of drug-likeness (QED) is 0.126.